The summed E-state index contributed by atoms with van der Waals surface area (Å²) >= 11 is 0. The van der Waals surface area contributed by atoms with Gasteiger partial charge in [-0.3, -0.25) is 4.79 Å². The Morgan fingerprint density at radius 1 is 0.439 bits per heavy atom. The van der Waals surface area contributed by atoms with Crippen LogP contribution in [-0.2, 0) is 30.5 Å². The van der Waals surface area contributed by atoms with Gasteiger partial charge in [0.05, 0.1) is 0 Å². The zero-order valence-electron chi connectivity index (χ0n) is 49.6. The molecule has 35 unspecified atom stereocenters. The largest absolute Gasteiger partial charge is 0.427 e. The number of benzene rings is 4. The minimum Gasteiger partial charge on any atom is -0.427 e. The molecule has 0 aliphatic heterocycles. The summed E-state index contributed by atoms with van der Waals surface area (Å²) in [6.07, 6.45) is 24.7. The second kappa shape index (κ2) is 16.1. The van der Waals surface area contributed by atoms with Gasteiger partial charge in [-0.25, -0.2) is 0 Å². The van der Waals surface area contributed by atoms with Crippen LogP contribution in [0.5, 0.6) is 5.75 Å². The molecular formula is C80H92O2. The van der Waals surface area contributed by atoms with Crippen molar-refractivity contribution in [2.45, 2.75) is 154 Å². The average molecular weight is 1090 g/mol. The van der Waals surface area contributed by atoms with Crippen molar-refractivity contribution in [1.82, 2.24) is 0 Å². The second-order valence-electron chi connectivity index (χ2n) is 34.6. The second-order valence-corrected chi connectivity index (χ2v) is 34.6. The maximum atomic E-state index is 12.1. The van der Waals surface area contributed by atoms with Crippen LogP contribution in [0.3, 0.4) is 0 Å². The van der Waals surface area contributed by atoms with Crippen molar-refractivity contribution in [2.75, 3.05) is 0 Å². The molecule has 22 rings (SSSR count). The first-order valence-corrected chi connectivity index (χ1v) is 35.9. The predicted molar refractivity (Wildman–Crippen MR) is 321 cm³/mol. The lowest BCUT2D eigenvalue weighted by Gasteiger charge is -2.66. The molecule has 82 heavy (non-hydrogen) atoms. The van der Waals surface area contributed by atoms with Gasteiger partial charge in [-0.15, -0.1) is 0 Å². The Kier molecular flexibility index (Phi) is 9.32. The number of fused-ring (bicyclic) bond motifs is 3. The molecule has 4 aromatic carbocycles. The van der Waals surface area contributed by atoms with E-state index < -0.39 is 0 Å². The Balaban J connectivity index is 0.647. The molecule has 35 atom stereocenters. The van der Waals surface area contributed by atoms with Gasteiger partial charge in [-0.2, -0.15) is 0 Å². The van der Waals surface area contributed by atoms with Gasteiger partial charge in [-0.1, -0.05) is 92.7 Å². The molecular weight excluding hydrogens is 993 g/mol. The Hall–Kier alpha value is -3.65. The molecule has 424 valence electrons. The lowest BCUT2D eigenvalue weighted by Crippen LogP contribution is -2.62. The highest BCUT2D eigenvalue weighted by Crippen LogP contribution is 2.94. The zero-order chi connectivity index (χ0) is 53.2. The van der Waals surface area contributed by atoms with E-state index in [1.165, 1.54) is 128 Å². The number of carbonyl (C=O) groups is 1. The predicted octanol–water partition coefficient (Wildman–Crippen LogP) is 17.0. The number of esters is 1. The fraction of sp³-hybridized carbons (Fsp3) is 0.688. The van der Waals surface area contributed by atoms with E-state index in [1.54, 1.807) is 73.6 Å². The molecule has 2 heteroatoms. The first kappa shape index (κ1) is 47.5. The first-order valence-electron chi connectivity index (χ1n) is 35.9. The number of aryl methyl sites for hydroxylation is 2. The van der Waals surface area contributed by atoms with Crippen molar-refractivity contribution < 1.29 is 9.53 Å². The summed E-state index contributed by atoms with van der Waals surface area (Å²) in [5, 5.41) is 0. The van der Waals surface area contributed by atoms with E-state index in [-0.39, 0.29) is 5.97 Å². The minimum atomic E-state index is -0.248. The molecule has 0 bridgehead atoms. The van der Waals surface area contributed by atoms with E-state index in [0.717, 1.165) is 126 Å². The van der Waals surface area contributed by atoms with Crippen LogP contribution in [-0.4, -0.2) is 5.97 Å². The lowest BCUT2D eigenvalue weighted by atomic mass is 9.38. The smallest absolute Gasteiger partial charge is 0.308 e. The third kappa shape index (κ3) is 5.55. The van der Waals surface area contributed by atoms with Crippen LogP contribution in [0, 0.1) is 183 Å². The van der Waals surface area contributed by atoms with Crippen molar-refractivity contribution in [2.24, 2.45) is 183 Å². The van der Waals surface area contributed by atoms with Gasteiger partial charge in [0.25, 0.3) is 0 Å². The molecule has 0 N–H and O–H groups in total. The third-order valence-corrected chi connectivity index (χ3v) is 33.6. The molecule has 2 nitrogen and oxygen atoms in total. The van der Waals surface area contributed by atoms with E-state index in [2.05, 4.69) is 105 Å². The monoisotopic (exact) mass is 1080 g/mol. The third-order valence-electron chi connectivity index (χ3n) is 33.6. The molecule has 1 spiro atoms. The molecule has 0 saturated heterocycles. The summed E-state index contributed by atoms with van der Waals surface area (Å²) in [7, 11) is 0. The Bertz CT molecular complexity index is 3370. The zero-order valence-corrected chi connectivity index (χ0v) is 49.6. The number of ether oxygens (including phenoxy) is 1. The average Bonchev–Trinajstić information content (AvgIpc) is 1.44. The van der Waals surface area contributed by atoms with Crippen molar-refractivity contribution in [3.63, 3.8) is 0 Å². The summed E-state index contributed by atoms with van der Waals surface area (Å²) in [5.74, 6) is 36.5. The van der Waals surface area contributed by atoms with E-state index in [4.69, 9.17) is 4.74 Å². The minimum absolute atomic E-state index is 0.248. The SMILES string of the molecule is CCC(CC(CC(CC(CC)c1ccc2c(c1)CC1C3CC4CC5CC6CC7CC8CC9CC%10CC1(C2)C1C%10C2C9C9C8C7C7C6C6C5C4C4C3C1C1C4C6C7C9C21)c1ccc2c(c1)CC2)c1ccc(OC(C)=O)cc1)c1ccccc1. The molecule has 0 heterocycles. The maximum absolute atomic E-state index is 12.1. The van der Waals surface area contributed by atoms with E-state index >= 15 is 0 Å². The highest BCUT2D eigenvalue weighted by atomic mass is 16.5. The van der Waals surface area contributed by atoms with E-state index in [1.807, 2.05) is 11.1 Å². The summed E-state index contributed by atoms with van der Waals surface area (Å²) in [6, 6.07) is 36.3. The molecule has 18 aliphatic rings. The molecule has 0 aromatic heterocycles. The number of rotatable bonds is 13. The van der Waals surface area contributed by atoms with Crippen molar-refractivity contribution in [1.29, 1.82) is 0 Å². The molecule has 16 saturated carbocycles. The van der Waals surface area contributed by atoms with Gasteiger partial charge in [0, 0.05) is 6.92 Å². The molecule has 4 aromatic rings. The normalized spacial score (nSPS) is 52.6. The van der Waals surface area contributed by atoms with E-state index in [0.29, 0.717) is 34.8 Å². The van der Waals surface area contributed by atoms with Gasteiger partial charge in [0.1, 0.15) is 5.75 Å². The lowest BCUT2D eigenvalue weighted by molar-refractivity contribution is -0.177. The van der Waals surface area contributed by atoms with Crippen LogP contribution in [0.2, 0.25) is 0 Å². The summed E-state index contributed by atoms with van der Waals surface area (Å²) in [6.45, 7) is 6.45. The van der Waals surface area contributed by atoms with Gasteiger partial charge in [0.15, 0.2) is 0 Å². The quantitative estimate of drug-likeness (QED) is 0.0985. The molecule has 0 amide bonds. The fourth-order valence-corrected chi connectivity index (χ4v) is 33.3. The maximum Gasteiger partial charge on any atom is 0.308 e. The van der Waals surface area contributed by atoms with Gasteiger partial charge < -0.3 is 4.74 Å². The Morgan fingerprint density at radius 2 is 0.890 bits per heavy atom. The van der Waals surface area contributed by atoms with Crippen LogP contribution < -0.4 is 4.74 Å². The van der Waals surface area contributed by atoms with Crippen molar-refractivity contribution in [3.8, 4) is 5.75 Å². The number of carbonyl (C=O) groups excluding carboxylic acids is 1. The van der Waals surface area contributed by atoms with E-state index in [9.17, 15) is 4.79 Å². The summed E-state index contributed by atoms with van der Waals surface area (Å²) in [4.78, 5) is 12.1. The number of hydrogen-bond donors (Lipinski definition) is 0. The molecule has 16 fully saturated rings. The van der Waals surface area contributed by atoms with Crippen LogP contribution in [0.15, 0.2) is 91.0 Å². The highest BCUT2D eigenvalue weighted by Gasteiger charge is 2.89. The number of hydrogen-bond acceptors (Lipinski definition) is 2. The fourth-order valence-electron chi connectivity index (χ4n) is 33.3. The van der Waals surface area contributed by atoms with Crippen LogP contribution >= 0.6 is 0 Å². The highest BCUT2D eigenvalue weighted by molar-refractivity contribution is 5.69. The van der Waals surface area contributed by atoms with Crippen molar-refractivity contribution >= 4 is 5.97 Å². The van der Waals surface area contributed by atoms with Gasteiger partial charge in [0.2, 0.25) is 0 Å². The molecule has 0 radical (unpaired) electrons. The summed E-state index contributed by atoms with van der Waals surface area (Å²) in [5.41, 5.74) is 13.6. The van der Waals surface area contributed by atoms with Crippen LogP contribution in [0.25, 0.3) is 0 Å². The molecule has 18 aliphatic carbocycles. The Morgan fingerprint density at radius 3 is 1.48 bits per heavy atom. The van der Waals surface area contributed by atoms with Crippen LogP contribution in [0.4, 0.5) is 0 Å². The first-order chi connectivity index (χ1) is 40.3. The van der Waals surface area contributed by atoms with Gasteiger partial charge in [-0.05, 0) is 372 Å². The Labute approximate surface area is 490 Å². The van der Waals surface area contributed by atoms with Crippen molar-refractivity contribution in [3.05, 3.63) is 136 Å². The standard InChI is InChI=1S/C80H92O2/c1-4-37(39-9-7-6-8-10-39)21-46(41-17-19-56(20-18-41)82-36(3)81)25-47(44-14-12-40-11-13-43(40)23-44)22-38(5-2)42-15-16-45-34-80-35-55-31-53-29-50-26-49-27-52-28-51-30-54-32-57(58(80)33-48(45)24-42)66-71-62(54)61(51)68-63(52)67-59(49)60(50)69-64(53)70-65(55)79(80)78(66)77-75(70)73(69)72(67)74(68)76(71)77/h6-10,12,14-20,23-24,37-38,46-47,49-55,57-79H,4-5,11,13,21-22,25-35H2,1-3H3. The topological polar surface area (TPSA) is 26.3 Å². The van der Waals surface area contributed by atoms with Gasteiger partial charge >= 0.3 is 5.97 Å². The van der Waals surface area contributed by atoms with Crippen LogP contribution in [0.1, 0.15) is 172 Å². The summed E-state index contributed by atoms with van der Waals surface area (Å²) < 4.78 is 5.63.